The smallest absolute Gasteiger partial charge is 0.255 e. The standard InChI is InChI=1S/C25H29N5O3S/c1-6-33-19-13-12-17(14-20(19)32-5)22-21(23(31)27-18-11-9-8-10-15(18)3)16(4)26-24-28-25(34-7-2)29-30(22)24/h8-14,22H,6-7H2,1-5H3,(H,27,31)(H,26,28,29)/t22-/m1/s1. The van der Waals surface area contributed by atoms with E-state index in [4.69, 9.17) is 14.6 Å². The van der Waals surface area contributed by atoms with Crippen LogP contribution in [-0.2, 0) is 4.79 Å². The van der Waals surface area contributed by atoms with Crippen molar-refractivity contribution in [1.29, 1.82) is 0 Å². The normalized spacial score (nSPS) is 14.9. The van der Waals surface area contributed by atoms with E-state index in [0.29, 0.717) is 34.8 Å². The first kappa shape index (κ1) is 23.7. The molecule has 0 saturated heterocycles. The average Bonchev–Trinajstić information content (AvgIpc) is 3.22. The van der Waals surface area contributed by atoms with Crippen molar-refractivity contribution in [3.63, 3.8) is 0 Å². The number of ether oxygens (including phenoxy) is 2. The number of nitrogens with zero attached hydrogens (tertiary/aromatic N) is 3. The summed E-state index contributed by atoms with van der Waals surface area (Å²) >= 11 is 1.55. The molecule has 9 heteroatoms. The third kappa shape index (κ3) is 4.61. The summed E-state index contributed by atoms with van der Waals surface area (Å²) in [6.45, 7) is 8.36. The maximum atomic E-state index is 13.6. The lowest BCUT2D eigenvalue weighted by atomic mass is 9.94. The second kappa shape index (κ2) is 10.2. The molecular weight excluding hydrogens is 450 g/mol. The number of hydrogen-bond acceptors (Lipinski definition) is 7. The predicted octanol–water partition coefficient (Wildman–Crippen LogP) is 5.03. The molecule has 0 bridgehead atoms. The van der Waals surface area contributed by atoms with Gasteiger partial charge in [0.1, 0.15) is 6.04 Å². The van der Waals surface area contributed by atoms with Crippen molar-refractivity contribution in [2.24, 2.45) is 0 Å². The third-order valence-electron chi connectivity index (χ3n) is 5.55. The topological polar surface area (TPSA) is 90.3 Å². The molecule has 2 aromatic carbocycles. The number of anilines is 2. The van der Waals surface area contributed by atoms with Crippen molar-refractivity contribution in [3.05, 3.63) is 64.9 Å². The van der Waals surface area contributed by atoms with Gasteiger partial charge in [0.15, 0.2) is 11.5 Å². The van der Waals surface area contributed by atoms with Crippen molar-refractivity contribution in [2.75, 3.05) is 30.1 Å². The maximum Gasteiger partial charge on any atom is 0.255 e. The number of benzene rings is 2. The number of methoxy groups -OCH3 is 1. The minimum absolute atomic E-state index is 0.206. The highest BCUT2D eigenvalue weighted by atomic mass is 32.2. The molecule has 2 heterocycles. The van der Waals surface area contributed by atoms with Crippen molar-refractivity contribution in [3.8, 4) is 11.5 Å². The van der Waals surface area contributed by atoms with Crippen LogP contribution in [0.2, 0.25) is 0 Å². The molecule has 178 valence electrons. The highest BCUT2D eigenvalue weighted by molar-refractivity contribution is 7.99. The molecule has 4 rings (SSSR count). The van der Waals surface area contributed by atoms with E-state index in [9.17, 15) is 4.79 Å². The van der Waals surface area contributed by atoms with Gasteiger partial charge in [-0.1, -0.05) is 43.0 Å². The summed E-state index contributed by atoms with van der Waals surface area (Å²) in [5.41, 5.74) is 3.87. The number of rotatable bonds is 8. The second-order valence-corrected chi connectivity index (χ2v) is 9.01. The first-order valence-electron chi connectivity index (χ1n) is 11.2. The highest BCUT2D eigenvalue weighted by Crippen LogP contribution is 2.39. The predicted molar refractivity (Wildman–Crippen MR) is 135 cm³/mol. The Labute approximate surface area is 203 Å². The van der Waals surface area contributed by atoms with Gasteiger partial charge in [0.25, 0.3) is 5.91 Å². The SMILES string of the molecule is CCOc1ccc([C@@H]2C(C(=O)Nc3ccccc3C)=C(C)Nc3nc(SCC)nn32)cc1OC. The molecule has 0 saturated carbocycles. The Bertz CT molecular complexity index is 1240. The van der Waals surface area contributed by atoms with Gasteiger partial charge >= 0.3 is 0 Å². The molecule has 1 amide bonds. The number of aromatic nitrogens is 3. The number of carbonyl (C=O) groups is 1. The molecule has 2 N–H and O–H groups in total. The number of allylic oxidation sites excluding steroid dienone is 1. The van der Waals surface area contributed by atoms with Crippen molar-refractivity contribution >= 4 is 29.3 Å². The third-order valence-corrected chi connectivity index (χ3v) is 6.27. The maximum absolute atomic E-state index is 13.6. The van der Waals surface area contributed by atoms with Gasteiger partial charge in [0.05, 0.1) is 19.3 Å². The summed E-state index contributed by atoms with van der Waals surface area (Å²) in [4.78, 5) is 18.3. The Kier molecular flexibility index (Phi) is 7.12. The number of carbonyl (C=O) groups excluding carboxylic acids is 1. The highest BCUT2D eigenvalue weighted by Gasteiger charge is 2.35. The number of fused-ring (bicyclic) bond motifs is 1. The van der Waals surface area contributed by atoms with E-state index < -0.39 is 6.04 Å². The summed E-state index contributed by atoms with van der Waals surface area (Å²) in [6.07, 6.45) is 0. The molecular formula is C25H29N5O3S. The molecule has 8 nitrogen and oxygen atoms in total. The Balaban J connectivity index is 1.81. The van der Waals surface area contributed by atoms with E-state index in [1.807, 2.05) is 63.2 Å². The fraction of sp³-hybridized carbons (Fsp3) is 0.320. The lowest BCUT2D eigenvalue weighted by Gasteiger charge is -2.29. The van der Waals surface area contributed by atoms with Crippen LogP contribution in [0.25, 0.3) is 0 Å². The summed E-state index contributed by atoms with van der Waals surface area (Å²) in [5, 5.41) is 11.7. The van der Waals surface area contributed by atoms with Crippen molar-refractivity contribution < 1.29 is 14.3 Å². The number of aryl methyl sites for hydroxylation is 1. The van der Waals surface area contributed by atoms with Crippen LogP contribution >= 0.6 is 11.8 Å². The van der Waals surface area contributed by atoms with E-state index in [0.717, 1.165) is 28.3 Å². The molecule has 0 aliphatic carbocycles. The molecule has 34 heavy (non-hydrogen) atoms. The van der Waals surface area contributed by atoms with Crippen LogP contribution in [0.4, 0.5) is 11.6 Å². The van der Waals surface area contributed by atoms with E-state index in [1.54, 1.807) is 23.6 Å². The van der Waals surface area contributed by atoms with Crippen LogP contribution in [-0.4, -0.2) is 40.1 Å². The number of amides is 1. The molecule has 0 radical (unpaired) electrons. The number of thioether (sulfide) groups is 1. The molecule has 0 spiro atoms. The lowest BCUT2D eigenvalue weighted by molar-refractivity contribution is -0.113. The van der Waals surface area contributed by atoms with E-state index >= 15 is 0 Å². The Morgan fingerprint density at radius 2 is 1.97 bits per heavy atom. The van der Waals surface area contributed by atoms with Crippen LogP contribution in [0.15, 0.2) is 58.9 Å². The van der Waals surface area contributed by atoms with Crippen molar-refractivity contribution in [1.82, 2.24) is 14.8 Å². The van der Waals surface area contributed by atoms with Crippen LogP contribution in [0.5, 0.6) is 11.5 Å². The van der Waals surface area contributed by atoms with Gasteiger partial charge in [-0.2, -0.15) is 4.98 Å². The molecule has 1 aliphatic heterocycles. The fourth-order valence-electron chi connectivity index (χ4n) is 3.96. The molecule has 0 fully saturated rings. The zero-order valence-corrected chi connectivity index (χ0v) is 20.8. The summed E-state index contributed by atoms with van der Waals surface area (Å²) in [6, 6.07) is 12.9. The van der Waals surface area contributed by atoms with Crippen molar-refractivity contribution in [2.45, 2.75) is 38.9 Å². The quantitative estimate of drug-likeness (QED) is 0.438. The Morgan fingerprint density at radius 3 is 2.68 bits per heavy atom. The van der Waals surface area contributed by atoms with E-state index in [1.165, 1.54) is 0 Å². The van der Waals surface area contributed by atoms with Gasteiger partial charge in [-0.05, 0) is 55.9 Å². The monoisotopic (exact) mass is 479 g/mol. The first-order valence-corrected chi connectivity index (χ1v) is 12.2. The van der Waals surface area contributed by atoms with Crippen LogP contribution < -0.4 is 20.1 Å². The Morgan fingerprint density at radius 1 is 1.18 bits per heavy atom. The van der Waals surface area contributed by atoms with Gasteiger partial charge in [-0.15, -0.1) is 5.10 Å². The number of para-hydroxylation sites is 1. The fourth-order valence-corrected chi connectivity index (χ4v) is 4.51. The largest absolute Gasteiger partial charge is 0.493 e. The minimum Gasteiger partial charge on any atom is -0.493 e. The van der Waals surface area contributed by atoms with E-state index in [2.05, 4.69) is 22.5 Å². The molecule has 1 aliphatic rings. The number of hydrogen-bond donors (Lipinski definition) is 2. The minimum atomic E-state index is -0.497. The Hall–Kier alpha value is -3.46. The molecule has 3 aromatic rings. The second-order valence-electron chi connectivity index (χ2n) is 7.77. The van der Waals surface area contributed by atoms with Gasteiger partial charge in [0.2, 0.25) is 11.1 Å². The van der Waals surface area contributed by atoms with Gasteiger partial charge < -0.3 is 20.1 Å². The van der Waals surface area contributed by atoms with Gasteiger partial charge in [-0.3, -0.25) is 4.79 Å². The average molecular weight is 480 g/mol. The zero-order valence-electron chi connectivity index (χ0n) is 20.0. The molecule has 1 atom stereocenters. The zero-order chi connectivity index (χ0) is 24.2. The molecule has 1 aromatic heterocycles. The van der Waals surface area contributed by atoms with Crippen LogP contribution in [0.3, 0.4) is 0 Å². The molecule has 0 unspecified atom stereocenters. The van der Waals surface area contributed by atoms with Crippen LogP contribution in [0.1, 0.15) is 37.9 Å². The van der Waals surface area contributed by atoms with Gasteiger partial charge in [0, 0.05) is 11.4 Å². The summed E-state index contributed by atoms with van der Waals surface area (Å²) < 4.78 is 13.1. The lowest BCUT2D eigenvalue weighted by Crippen LogP contribution is -2.31. The van der Waals surface area contributed by atoms with Crippen LogP contribution in [0, 0.1) is 6.92 Å². The van der Waals surface area contributed by atoms with Gasteiger partial charge in [-0.25, -0.2) is 4.68 Å². The van der Waals surface area contributed by atoms with E-state index in [-0.39, 0.29) is 5.91 Å². The summed E-state index contributed by atoms with van der Waals surface area (Å²) in [7, 11) is 1.60. The number of nitrogens with one attached hydrogen (secondary N) is 2. The summed E-state index contributed by atoms with van der Waals surface area (Å²) in [5.74, 6) is 2.48. The first-order chi connectivity index (χ1) is 16.5.